The SMILES string of the molecule is CC(C)[C@H](NC(=O)[C@H](CC(=O)O)NC(=O)[C@@H](N)Cc1ccc(O)cc1)C(=O)N1CCC[C@H]1C(=O)N[C@@H](CC(=O)O)C(=O)N[C@@H](Cc1ccc(O)cc1)C(=O)N[C@@H](C)C(=O)N[C@@H](CO)C(=O)O. The van der Waals surface area contributed by atoms with Crippen molar-refractivity contribution >= 4 is 59.3 Å². The van der Waals surface area contributed by atoms with E-state index in [9.17, 15) is 78.6 Å². The van der Waals surface area contributed by atoms with Crippen LogP contribution in [0, 0.1) is 5.92 Å². The predicted molar refractivity (Wildman–Crippen MR) is 228 cm³/mol. The van der Waals surface area contributed by atoms with Gasteiger partial charge >= 0.3 is 17.9 Å². The number of hydrogen-bond donors (Lipinski definition) is 13. The Hall–Kier alpha value is -7.34. The number of nitrogens with two attached hydrogens (primary N) is 1. The Morgan fingerprint density at radius 1 is 0.621 bits per heavy atom. The van der Waals surface area contributed by atoms with Crippen molar-refractivity contribution in [2.75, 3.05) is 13.2 Å². The number of aliphatic carboxylic acids is 3. The number of likely N-dealkylation sites (tertiary alicyclic amines) is 1. The Balaban J connectivity index is 1.79. The van der Waals surface area contributed by atoms with Gasteiger partial charge in [0.25, 0.3) is 0 Å². The van der Waals surface area contributed by atoms with Crippen molar-refractivity contribution < 1.29 is 78.6 Å². The van der Waals surface area contributed by atoms with Gasteiger partial charge in [0.15, 0.2) is 0 Å². The molecule has 3 rings (SSSR count). The number of carbonyl (C=O) groups excluding carboxylic acids is 7. The fourth-order valence-corrected chi connectivity index (χ4v) is 6.75. The number of nitrogens with zero attached hydrogens (tertiary/aromatic N) is 1. The lowest BCUT2D eigenvalue weighted by molar-refractivity contribution is -0.145. The fourth-order valence-electron chi connectivity index (χ4n) is 6.75. The van der Waals surface area contributed by atoms with Gasteiger partial charge in [0.1, 0.15) is 53.8 Å². The lowest BCUT2D eigenvalue weighted by Crippen LogP contribution is -2.61. The van der Waals surface area contributed by atoms with Crippen LogP contribution in [0.4, 0.5) is 0 Å². The van der Waals surface area contributed by atoms with Crippen LogP contribution in [0.2, 0.25) is 0 Å². The molecule has 1 heterocycles. The van der Waals surface area contributed by atoms with Gasteiger partial charge in [-0.05, 0) is 67.5 Å². The Labute approximate surface area is 377 Å². The van der Waals surface area contributed by atoms with Crippen molar-refractivity contribution in [2.45, 2.75) is 108 Å². The summed E-state index contributed by atoms with van der Waals surface area (Å²) in [4.78, 5) is 131. The zero-order chi connectivity index (χ0) is 49.4. The average Bonchev–Trinajstić information content (AvgIpc) is 3.75. The van der Waals surface area contributed by atoms with Gasteiger partial charge in [-0.1, -0.05) is 38.1 Å². The minimum absolute atomic E-state index is 0.0232. The summed E-state index contributed by atoms with van der Waals surface area (Å²) < 4.78 is 0. The fraction of sp³-hybridized carbons (Fsp3) is 0.476. The molecule has 1 fully saturated rings. The minimum atomic E-state index is -1.86. The maximum absolute atomic E-state index is 14.1. The number of carbonyl (C=O) groups is 10. The molecule has 0 aliphatic carbocycles. The molecule has 0 spiro atoms. The number of amides is 7. The topological polar surface area (TPSA) is 394 Å². The maximum atomic E-state index is 14.1. The summed E-state index contributed by atoms with van der Waals surface area (Å²) in [5.41, 5.74) is 6.95. The number of phenolic OH excluding ortho intramolecular Hbond substituents is 2. The van der Waals surface area contributed by atoms with Crippen molar-refractivity contribution in [1.82, 2.24) is 36.8 Å². The van der Waals surface area contributed by atoms with Crippen LogP contribution in [0.1, 0.15) is 57.6 Å². The van der Waals surface area contributed by atoms with Crippen LogP contribution < -0.4 is 37.6 Å². The molecule has 24 nitrogen and oxygen atoms in total. The van der Waals surface area contributed by atoms with Crippen LogP contribution in [0.25, 0.3) is 0 Å². The second-order valence-electron chi connectivity index (χ2n) is 16.0. The monoisotopic (exact) mass is 928 g/mol. The Bertz CT molecular complexity index is 2100. The molecule has 0 aromatic heterocycles. The molecule has 2 aromatic rings. The third-order valence-corrected chi connectivity index (χ3v) is 10.4. The first-order valence-corrected chi connectivity index (χ1v) is 20.7. The van der Waals surface area contributed by atoms with Gasteiger partial charge in [0.05, 0.1) is 25.5 Å². The van der Waals surface area contributed by atoms with Gasteiger partial charge in [0, 0.05) is 13.0 Å². The van der Waals surface area contributed by atoms with E-state index in [1.165, 1.54) is 55.5 Å². The molecule has 7 amide bonds. The van der Waals surface area contributed by atoms with Gasteiger partial charge in [-0.2, -0.15) is 0 Å². The second-order valence-corrected chi connectivity index (χ2v) is 16.0. The molecule has 24 heteroatoms. The Morgan fingerprint density at radius 3 is 1.59 bits per heavy atom. The zero-order valence-electron chi connectivity index (χ0n) is 36.3. The third-order valence-electron chi connectivity index (χ3n) is 10.4. The average molecular weight is 929 g/mol. The number of carboxylic acids is 3. The summed E-state index contributed by atoms with van der Waals surface area (Å²) >= 11 is 0. The maximum Gasteiger partial charge on any atom is 0.328 e. The molecule has 1 aliphatic rings. The number of benzene rings is 2. The molecule has 0 saturated carbocycles. The van der Waals surface area contributed by atoms with Crippen molar-refractivity contribution in [2.24, 2.45) is 11.7 Å². The van der Waals surface area contributed by atoms with Gasteiger partial charge < -0.3 is 73.2 Å². The number of aromatic hydroxyl groups is 2. The van der Waals surface area contributed by atoms with E-state index >= 15 is 0 Å². The standard InChI is InChI=1S/C42H56N8O16/c1-20(2)34(49-39(62)29(18-33(56)57)45-36(59)26(43)15-22-6-10-24(52)11-7-22)41(64)50-14-4-5-31(50)40(63)47-28(17-32(54)55)38(61)46-27(16-23-8-12-25(53)13-9-23)37(60)44-21(3)35(58)48-30(19-51)42(65)66/h6-13,20-21,26-31,34,51-53H,4-5,14-19,43H2,1-3H3,(H,44,60)(H,45,59)(H,46,61)(H,47,63)(H,48,58)(H,49,62)(H,54,55)(H,56,57)(H,65,66)/t21-,26-,27-,28-,29-,30-,31-,34-/m0/s1. The lowest BCUT2D eigenvalue weighted by Gasteiger charge is -2.32. The Kier molecular flexibility index (Phi) is 19.8. The van der Waals surface area contributed by atoms with E-state index in [1.54, 1.807) is 13.8 Å². The van der Waals surface area contributed by atoms with E-state index in [0.717, 1.165) is 4.90 Å². The highest BCUT2D eigenvalue weighted by Crippen LogP contribution is 2.21. The number of rotatable bonds is 24. The number of aliphatic hydroxyl groups excluding tert-OH is 1. The number of aliphatic hydroxyl groups is 1. The largest absolute Gasteiger partial charge is 0.508 e. The van der Waals surface area contributed by atoms with Crippen LogP contribution >= 0.6 is 0 Å². The highest BCUT2D eigenvalue weighted by Gasteiger charge is 2.41. The third kappa shape index (κ3) is 16.0. The molecular weight excluding hydrogens is 873 g/mol. The van der Waals surface area contributed by atoms with Crippen LogP contribution in [0.15, 0.2) is 48.5 Å². The molecule has 1 saturated heterocycles. The first kappa shape index (κ1) is 53.0. The summed E-state index contributed by atoms with van der Waals surface area (Å²) in [7, 11) is 0. The molecule has 360 valence electrons. The molecule has 0 unspecified atom stereocenters. The van der Waals surface area contributed by atoms with E-state index in [2.05, 4.69) is 26.6 Å². The van der Waals surface area contributed by atoms with Crippen molar-refractivity contribution in [3.05, 3.63) is 59.7 Å². The highest BCUT2D eigenvalue weighted by molar-refractivity contribution is 5.99. The van der Waals surface area contributed by atoms with Crippen molar-refractivity contribution in [3.63, 3.8) is 0 Å². The van der Waals surface area contributed by atoms with E-state index in [-0.39, 0.29) is 43.7 Å². The summed E-state index contributed by atoms with van der Waals surface area (Å²) in [6.45, 7) is 3.31. The van der Waals surface area contributed by atoms with Gasteiger partial charge in [-0.3, -0.25) is 43.2 Å². The first-order chi connectivity index (χ1) is 31.0. The molecule has 1 aliphatic heterocycles. The number of phenols is 2. The van der Waals surface area contributed by atoms with Gasteiger partial charge in [0.2, 0.25) is 41.4 Å². The lowest BCUT2D eigenvalue weighted by atomic mass is 10.0. The van der Waals surface area contributed by atoms with Crippen LogP contribution in [0.3, 0.4) is 0 Å². The van der Waals surface area contributed by atoms with Gasteiger partial charge in [-0.25, -0.2) is 4.79 Å². The van der Waals surface area contributed by atoms with Crippen LogP contribution in [-0.2, 0) is 60.8 Å². The smallest absolute Gasteiger partial charge is 0.328 e. The molecule has 14 N–H and O–H groups in total. The number of hydrogen-bond acceptors (Lipinski definition) is 14. The number of carboxylic acid groups (broad SMARTS) is 3. The summed E-state index contributed by atoms with van der Waals surface area (Å²) in [5, 5.41) is 70.8. The molecule has 2 aromatic carbocycles. The van der Waals surface area contributed by atoms with E-state index in [4.69, 9.17) is 5.73 Å². The van der Waals surface area contributed by atoms with Crippen LogP contribution in [-0.4, -0.2) is 156 Å². The number of nitrogens with one attached hydrogen (secondary N) is 6. The highest BCUT2D eigenvalue weighted by atomic mass is 16.4. The van der Waals surface area contributed by atoms with E-state index in [1.807, 2.05) is 5.32 Å². The predicted octanol–water partition coefficient (Wildman–Crippen LogP) is -3.19. The quantitative estimate of drug-likeness (QED) is 0.0493. The van der Waals surface area contributed by atoms with E-state index in [0.29, 0.717) is 11.1 Å². The molecule has 0 bridgehead atoms. The minimum Gasteiger partial charge on any atom is -0.508 e. The van der Waals surface area contributed by atoms with Gasteiger partial charge in [-0.15, -0.1) is 0 Å². The van der Waals surface area contributed by atoms with E-state index < -0.39 is 133 Å². The molecule has 8 atom stereocenters. The molecule has 0 radical (unpaired) electrons. The molecule has 66 heavy (non-hydrogen) atoms. The second kappa shape index (κ2) is 24.6. The Morgan fingerprint density at radius 2 is 1.09 bits per heavy atom. The van der Waals surface area contributed by atoms with Crippen molar-refractivity contribution in [1.29, 1.82) is 0 Å². The van der Waals surface area contributed by atoms with Crippen LogP contribution in [0.5, 0.6) is 11.5 Å². The summed E-state index contributed by atoms with van der Waals surface area (Å²) in [6.07, 6.45) is -1.96. The van der Waals surface area contributed by atoms with Crippen molar-refractivity contribution in [3.8, 4) is 11.5 Å². The first-order valence-electron chi connectivity index (χ1n) is 20.7. The zero-order valence-corrected chi connectivity index (χ0v) is 36.3. The molecular formula is C42H56N8O16. The summed E-state index contributed by atoms with van der Waals surface area (Å²) in [6, 6.07) is -1.00. The normalized spacial score (nSPS) is 16.5. The summed E-state index contributed by atoms with van der Waals surface area (Å²) in [5.74, 6) is -12.3.